The minimum atomic E-state index is -4.47. The van der Waals surface area contributed by atoms with E-state index in [2.05, 4.69) is 0 Å². The highest BCUT2D eigenvalue weighted by Crippen LogP contribution is 2.32. The molecule has 2 nitrogen and oxygen atoms in total. The van der Waals surface area contributed by atoms with Crippen LogP contribution < -0.4 is 0 Å². The molecule has 0 aliphatic heterocycles. The molecule has 96 valence electrons. The van der Waals surface area contributed by atoms with Crippen LogP contribution in [0.1, 0.15) is 24.5 Å². The third-order valence-corrected chi connectivity index (χ3v) is 2.14. The summed E-state index contributed by atoms with van der Waals surface area (Å²) in [5.74, 6) is -0.840. The molecule has 0 spiro atoms. The van der Waals surface area contributed by atoms with Gasteiger partial charge in [0, 0.05) is 0 Å². The van der Waals surface area contributed by atoms with E-state index in [1.807, 2.05) is 0 Å². The van der Waals surface area contributed by atoms with Crippen LogP contribution in [0.25, 0.3) is 6.08 Å². The van der Waals surface area contributed by atoms with Crippen molar-refractivity contribution in [2.45, 2.75) is 19.5 Å². The Hall–Kier alpha value is -1.91. The second-order valence-electron chi connectivity index (χ2n) is 3.76. The number of Topliss-reactive ketones (excluding diaryl/α,β-unsaturated/α-hetero) is 1. The van der Waals surface area contributed by atoms with Crippen LogP contribution in [0.3, 0.4) is 0 Å². The molecular weight excluding hydrogens is 245 g/mol. The first-order valence-electron chi connectivity index (χ1n) is 5.17. The summed E-state index contributed by atoms with van der Waals surface area (Å²) in [6.45, 7) is 1.25. The summed E-state index contributed by atoms with van der Waals surface area (Å²) in [4.78, 5) is 21.9. The van der Waals surface area contributed by atoms with E-state index in [9.17, 15) is 22.8 Å². The van der Waals surface area contributed by atoms with Gasteiger partial charge in [-0.25, -0.2) is 0 Å². The monoisotopic (exact) mass is 256 g/mol. The summed E-state index contributed by atoms with van der Waals surface area (Å²) in [6, 6.07) is 4.93. The number of halogens is 3. The number of hydrogen-bond acceptors (Lipinski definition) is 2. The first-order valence-corrected chi connectivity index (χ1v) is 5.17. The molecule has 0 saturated heterocycles. The van der Waals surface area contributed by atoms with Crippen molar-refractivity contribution < 1.29 is 22.8 Å². The highest BCUT2D eigenvalue weighted by atomic mass is 19.4. The Morgan fingerprint density at radius 1 is 1.22 bits per heavy atom. The fourth-order valence-corrected chi connectivity index (χ4v) is 1.39. The first-order chi connectivity index (χ1) is 8.30. The average Bonchev–Trinajstić information content (AvgIpc) is 2.24. The number of ketones is 2. The predicted octanol–water partition coefficient (Wildman–Crippen LogP) is 3.27. The maximum atomic E-state index is 12.6. The molecule has 0 saturated carbocycles. The summed E-state index contributed by atoms with van der Waals surface area (Å²) in [6.07, 6.45) is -2.70. The lowest BCUT2D eigenvalue weighted by atomic mass is 10.1. The lowest BCUT2D eigenvalue weighted by Gasteiger charge is -2.09. The second-order valence-corrected chi connectivity index (χ2v) is 3.76. The Bertz CT molecular complexity index is 487. The molecule has 0 unspecified atom stereocenters. The molecule has 1 aromatic rings. The molecule has 18 heavy (non-hydrogen) atoms. The Morgan fingerprint density at radius 3 is 2.39 bits per heavy atom. The topological polar surface area (TPSA) is 34.1 Å². The number of alkyl halides is 3. The van der Waals surface area contributed by atoms with Crippen LogP contribution in [0.15, 0.2) is 30.3 Å². The summed E-state index contributed by atoms with van der Waals surface area (Å²) >= 11 is 0. The van der Waals surface area contributed by atoms with Gasteiger partial charge in [0.2, 0.25) is 0 Å². The molecule has 0 amide bonds. The molecule has 0 radical (unpaired) electrons. The number of rotatable bonds is 4. The summed E-state index contributed by atoms with van der Waals surface area (Å²) in [5, 5.41) is 0. The number of allylic oxidation sites excluding steroid dienone is 1. The molecule has 0 N–H and O–H groups in total. The molecule has 0 bridgehead atoms. The zero-order valence-electron chi connectivity index (χ0n) is 9.62. The molecule has 0 aliphatic carbocycles. The Balaban J connectivity index is 2.95. The molecule has 0 fully saturated rings. The van der Waals surface area contributed by atoms with Crippen LogP contribution in [0.4, 0.5) is 13.2 Å². The Kier molecular flexibility index (Phi) is 4.42. The third-order valence-electron chi connectivity index (χ3n) is 2.14. The van der Waals surface area contributed by atoms with Gasteiger partial charge < -0.3 is 0 Å². The minimum Gasteiger partial charge on any atom is -0.300 e. The van der Waals surface area contributed by atoms with Crippen molar-refractivity contribution in [3.8, 4) is 0 Å². The molecule has 0 heterocycles. The zero-order chi connectivity index (χ0) is 13.8. The lowest BCUT2D eigenvalue weighted by Crippen LogP contribution is -2.07. The standard InChI is InChI=1S/C13H11F3O2/c1-9(17)8-11(18)7-6-10-4-2-3-5-12(10)13(14,15)16/h2-7H,8H2,1H3. The Labute approximate surface area is 102 Å². The Morgan fingerprint density at radius 2 is 1.83 bits per heavy atom. The molecule has 1 aromatic carbocycles. The number of hydrogen-bond donors (Lipinski definition) is 0. The van der Waals surface area contributed by atoms with Crippen LogP contribution in [-0.4, -0.2) is 11.6 Å². The number of carbonyl (C=O) groups excluding carboxylic acids is 2. The van der Waals surface area contributed by atoms with Crippen LogP contribution in [0.5, 0.6) is 0 Å². The molecule has 0 atom stereocenters. The van der Waals surface area contributed by atoms with E-state index in [1.54, 1.807) is 0 Å². The molecule has 0 aliphatic rings. The van der Waals surface area contributed by atoms with Crippen molar-refractivity contribution in [3.05, 3.63) is 41.5 Å². The van der Waals surface area contributed by atoms with E-state index < -0.39 is 17.5 Å². The van der Waals surface area contributed by atoms with E-state index in [0.717, 1.165) is 18.2 Å². The predicted molar refractivity (Wildman–Crippen MR) is 60.8 cm³/mol. The average molecular weight is 256 g/mol. The third kappa shape index (κ3) is 4.16. The van der Waals surface area contributed by atoms with Gasteiger partial charge >= 0.3 is 6.18 Å². The highest BCUT2D eigenvalue weighted by molar-refractivity contribution is 6.05. The first kappa shape index (κ1) is 14.2. The van der Waals surface area contributed by atoms with Gasteiger partial charge in [-0.1, -0.05) is 24.3 Å². The van der Waals surface area contributed by atoms with Crippen LogP contribution >= 0.6 is 0 Å². The maximum absolute atomic E-state index is 12.6. The minimum absolute atomic E-state index is 0.0955. The van der Waals surface area contributed by atoms with Gasteiger partial charge in [0.1, 0.15) is 5.78 Å². The smallest absolute Gasteiger partial charge is 0.300 e. The van der Waals surface area contributed by atoms with Crippen molar-refractivity contribution in [1.29, 1.82) is 0 Å². The summed E-state index contributed by atoms with van der Waals surface area (Å²) in [5.41, 5.74) is -0.904. The lowest BCUT2D eigenvalue weighted by molar-refractivity contribution is -0.137. The van der Waals surface area contributed by atoms with Gasteiger partial charge in [0.25, 0.3) is 0 Å². The van der Waals surface area contributed by atoms with Crippen LogP contribution in [0.2, 0.25) is 0 Å². The highest BCUT2D eigenvalue weighted by Gasteiger charge is 2.32. The fraction of sp³-hybridized carbons (Fsp3) is 0.231. The van der Waals surface area contributed by atoms with Gasteiger partial charge in [-0.05, 0) is 24.6 Å². The van der Waals surface area contributed by atoms with Gasteiger partial charge in [-0.3, -0.25) is 9.59 Å². The van der Waals surface area contributed by atoms with Gasteiger partial charge in [0.05, 0.1) is 12.0 Å². The maximum Gasteiger partial charge on any atom is 0.416 e. The van der Waals surface area contributed by atoms with Crippen LogP contribution in [0, 0.1) is 0 Å². The molecule has 0 aromatic heterocycles. The molecular formula is C13H11F3O2. The summed E-state index contributed by atoms with van der Waals surface area (Å²) in [7, 11) is 0. The van der Waals surface area contributed by atoms with E-state index in [1.165, 1.54) is 25.1 Å². The van der Waals surface area contributed by atoms with Crippen molar-refractivity contribution in [2.75, 3.05) is 0 Å². The van der Waals surface area contributed by atoms with E-state index in [0.29, 0.717) is 0 Å². The zero-order valence-corrected chi connectivity index (χ0v) is 9.62. The quantitative estimate of drug-likeness (QED) is 0.612. The number of benzene rings is 1. The second kappa shape index (κ2) is 5.62. The van der Waals surface area contributed by atoms with Crippen molar-refractivity contribution in [3.63, 3.8) is 0 Å². The summed E-state index contributed by atoms with van der Waals surface area (Å²) < 4.78 is 37.8. The van der Waals surface area contributed by atoms with Gasteiger partial charge in [-0.15, -0.1) is 0 Å². The normalized spacial score (nSPS) is 11.8. The van der Waals surface area contributed by atoms with Crippen LogP contribution in [-0.2, 0) is 15.8 Å². The van der Waals surface area contributed by atoms with Gasteiger partial charge in [0.15, 0.2) is 5.78 Å². The SMILES string of the molecule is CC(=O)CC(=O)C=Cc1ccccc1C(F)(F)F. The van der Waals surface area contributed by atoms with E-state index >= 15 is 0 Å². The van der Waals surface area contributed by atoms with Crippen molar-refractivity contribution in [1.82, 2.24) is 0 Å². The molecule has 5 heteroatoms. The largest absolute Gasteiger partial charge is 0.416 e. The van der Waals surface area contributed by atoms with Gasteiger partial charge in [-0.2, -0.15) is 13.2 Å². The molecule has 1 rings (SSSR count). The van der Waals surface area contributed by atoms with Crippen molar-refractivity contribution in [2.24, 2.45) is 0 Å². The van der Waals surface area contributed by atoms with E-state index in [4.69, 9.17) is 0 Å². The van der Waals surface area contributed by atoms with Crippen molar-refractivity contribution >= 4 is 17.6 Å². The van der Waals surface area contributed by atoms with E-state index in [-0.39, 0.29) is 17.8 Å². The number of carbonyl (C=O) groups is 2. The fourth-order valence-electron chi connectivity index (χ4n) is 1.39.